The van der Waals surface area contributed by atoms with E-state index in [9.17, 15) is 0 Å². The SMILES string of the molecule is CC1=NO[C@]2(C)OC=CC12. The highest BCUT2D eigenvalue weighted by atomic mass is 16.8. The molecule has 0 fully saturated rings. The fourth-order valence-corrected chi connectivity index (χ4v) is 1.32. The van der Waals surface area contributed by atoms with E-state index in [1.165, 1.54) is 0 Å². The van der Waals surface area contributed by atoms with Crippen LogP contribution in [-0.4, -0.2) is 11.5 Å². The minimum absolute atomic E-state index is 0.215. The summed E-state index contributed by atoms with van der Waals surface area (Å²) < 4.78 is 5.22. The molecule has 0 aliphatic carbocycles. The molecule has 0 radical (unpaired) electrons. The van der Waals surface area contributed by atoms with Crippen molar-refractivity contribution in [2.24, 2.45) is 11.1 Å². The van der Waals surface area contributed by atoms with Gasteiger partial charge in [-0.2, -0.15) is 0 Å². The van der Waals surface area contributed by atoms with Gasteiger partial charge in [-0.3, -0.25) is 0 Å². The van der Waals surface area contributed by atoms with Crippen LogP contribution in [0, 0.1) is 5.92 Å². The molecule has 0 aromatic carbocycles. The Morgan fingerprint density at radius 3 is 3.20 bits per heavy atom. The maximum atomic E-state index is 5.22. The van der Waals surface area contributed by atoms with E-state index >= 15 is 0 Å². The Morgan fingerprint density at radius 1 is 1.70 bits per heavy atom. The first-order valence-electron chi connectivity index (χ1n) is 3.29. The minimum atomic E-state index is -0.538. The molecule has 0 aromatic rings. The Hall–Kier alpha value is -0.990. The van der Waals surface area contributed by atoms with E-state index < -0.39 is 5.79 Å². The van der Waals surface area contributed by atoms with Crippen LogP contribution < -0.4 is 0 Å². The van der Waals surface area contributed by atoms with Crippen LogP contribution in [-0.2, 0) is 9.57 Å². The second-order valence-corrected chi connectivity index (χ2v) is 2.76. The molecule has 3 nitrogen and oxygen atoms in total. The standard InChI is InChI=1S/C7H9NO2/c1-5-6-3-4-9-7(6,2)10-8-5/h3-4,6H,1-2H3/t6?,7-/m0/s1. The first-order valence-corrected chi connectivity index (χ1v) is 3.29. The van der Waals surface area contributed by atoms with Crippen LogP contribution in [0.4, 0.5) is 0 Å². The Bertz CT molecular complexity index is 222. The molecule has 1 unspecified atom stereocenters. The molecule has 0 amide bonds. The highest BCUT2D eigenvalue weighted by Gasteiger charge is 2.46. The number of fused-ring (bicyclic) bond motifs is 1. The lowest BCUT2D eigenvalue weighted by molar-refractivity contribution is -0.178. The summed E-state index contributed by atoms with van der Waals surface area (Å²) in [6.45, 7) is 3.83. The van der Waals surface area contributed by atoms with Crippen molar-refractivity contribution >= 4 is 5.71 Å². The fourth-order valence-electron chi connectivity index (χ4n) is 1.32. The third kappa shape index (κ3) is 0.523. The van der Waals surface area contributed by atoms with E-state index in [-0.39, 0.29) is 5.92 Å². The summed E-state index contributed by atoms with van der Waals surface area (Å²) in [5.74, 6) is -0.322. The molecular formula is C7H9NO2. The van der Waals surface area contributed by atoms with Gasteiger partial charge in [0.05, 0.1) is 12.0 Å². The zero-order chi connectivity index (χ0) is 7.19. The topological polar surface area (TPSA) is 30.8 Å². The summed E-state index contributed by atoms with van der Waals surface area (Å²) >= 11 is 0. The van der Waals surface area contributed by atoms with Gasteiger partial charge in [-0.25, -0.2) is 0 Å². The molecule has 54 valence electrons. The van der Waals surface area contributed by atoms with Gasteiger partial charge in [-0.15, -0.1) is 0 Å². The van der Waals surface area contributed by atoms with E-state index in [0.717, 1.165) is 5.71 Å². The third-order valence-electron chi connectivity index (χ3n) is 1.96. The molecule has 2 aliphatic heterocycles. The molecule has 0 saturated heterocycles. The lowest BCUT2D eigenvalue weighted by Crippen LogP contribution is -2.31. The third-order valence-corrected chi connectivity index (χ3v) is 1.96. The summed E-state index contributed by atoms with van der Waals surface area (Å²) in [6, 6.07) is 0. The van der Waals surface area contributed by atoms with Gasteiger partial charge in [0.1, 0.15) is 5.92 Å². The van der Waals surface area contributed by atoms with Crippen molar-refractivity contribution in [2.45, 2.75) is 19.6 Å². The Labute approximate surface area is 59.3 Å². The fraction of sp³-hybridized carbons (Fsp3) is 0.571. The Kier molecular flexibility index (Phi) is 0.886. The predicted molar refractivity (Wildman–Crippen MR) is 36.3 cm³/mol. The van der Waals surface area contributed by atoms with Crippen molar-refractivity contribution in [1.29, 1.82) is 0 Å². The predicted octanol–water partition coefficient (Wildman–Crippen LogP) is 1.27. The van der Waals surface area contributed by atoms with Crippen LogP contribution in [0.2, 0.25) is 0 Å². The van der Waals surface area contributed by atoms with Gasteiger partial charge >= 0.3 is 0 Å². The quantitative estimate of drug-likeness (QED) is 0.506. The number of oxime groups is 1. The normalized spacial score (nSPS) is 42.2. The molecule has 0 saturated carbocycles. The van der Waals surface area contributed by atoms with Crippen LogP contribution in [0.5, 0.6) is 0 Å². The van der Waals surface area contributed by atoms with Crippen molar-refractivity contribution in [3.05, 3.63) is 12.3 Å². The van der Waals surface area contributed by atoms with Crippen molar-refractivity contribution in [3.63, 3.8) is 0 Å². The van der Waals surface area contributed by atoms with Crippen LogP contribution in [0.15, 0.2) is 17.5 Å². The number of rotatable bonds is 0. The van der Waals surface area contributed by atoms with Gasteiger partial charge in [-0.05, 0) is 13.0 Å². The maximum absolute atomic E-state index is 5.22. The average Bonchev–Trinajstić information content (AvgIpc) is 2.35. The molecule has 2 rings (SSSR count). The van der Waals surface area contributed by atoms with Crippen molar-refractivity contribution in [1.82, 2.24) is 0 Å². The summed E-state index contributed by atoms with van der Waals surface area (Å²) in [5.41, 5.74) is 0.983. The largest absolute Gasteiger partial charge is 0.458 e. The van der Waals surface area contributed by atoms with Crippen LogP contribution >= 0.6 is 0 Å². The van der Waals surface area contributed by atoms with Crippen molar-refractivity contribution in [2.75, 3.05) is 0 Å². The summed E-state index contributed by atoms with van der Waals surface area (Å²) in [4.78, 5) is 5.08. The highest BCUT2D eigenvalue weighted by molar-refractivity contribution is 5.87. The zero-order valence-corrected chi connectivity index (χ0v) is 6.00. The zero-order valence-electron chi connectivity index (χ0n) is 6.00. The van der Waals surface area contributed by atoms with E-state index in [2.05, 4.69) is 5.16 Å². The van der Waals surface area contributed by atoms with E-state index in [4.69, 9.17) is 9.57 Å². The first-order chi connectivity index (χ1) is 4.72. The number of hydrogen-bond donors (Lipinski definition) is 0. The Balaban J connectivity index is 2.33. The van der Waals surface area contributed by atoms with Gasteiger partial charge in [0, 0.05) is 6.92 Å². The summed E-state index contributed by atoms with van der Waals surface area (Å²) in [5, 5.41) is 3.83. The lowest BCUT2D eigenvalue weighted by atomic mass is 9.98. The van der Waals surface area contributed by atoms with Gasteiger partial charge in [0.25, 0.3) is 5.79 Å². The van der Waals surface area contributed by atoms with Gasteiger partial charge in [-0.1, -0.05) is 5.16 Å². The number of nitrogens with zero attached hydrogens (tertiary/aromatic N) is 1. The van der Waals surface area contributed by atoms with E-state index in [1.54, 1.807) is 6.26 Å². The molecule has 3 heteroatoms. The smallest absolute Gasteiger partial charge is 0.283 e. The van der Waals surface area contributed by atoms with Crippen LogP contribution in [0.25, 0.3) is 0 Å². The monoisotopic (exact) mass is 139 g/mol. The van der Waals surface area contributed by atoms with E-state index in [0.29, 0.717) is 0 Å². The molecule has 2 atom stereocenters. The van der Waals surface area contributed by atoms with E-state index in [1.807, 2.05) is 19.9 Å². The summed E-state index contributed by atoms with van der Waals surface area (Å²) in [6.07, 6.45) is 3.63. The second kappa shape index (κ2) is 1.54. The van der Waals surface area contributed by atoms with Crippen LogP contribution in [0.3, 0.4) is 0 Å². The summed E-state index contributed by atoms with van der Waals surface area (Å²) in [7, 11) is 0. The number of ether oxygens (including phenoxy) is 1. The van der Waals surface area contributed by atoms with Gasteiger partial charge in [0.2, 0.25) is 0 Å². The van der Waals surface area contributed by atoms with Gasteiger partial charge in [0.15, 0.2) is 0 Å². The lowest BCUT2D eigenvalue weighted by Gasteiger charge is -2.20. The molecule has 0 N–H and O–H groups in total. The second-order valence-electron chi connectivity index (χ2n) is 2.76. The Morgan fingerprint density at radius 2 is 2.50 bits per heavy atom. The number of hydrogen-bond acceptors (Lipinski definition) is 3. The molecule has 2 aliphatic rings. The molecule has 10 heavy (non-hydrogen) atoms. The first kappa shape index (κ1) is 5.77. The highest BCUT2D eigenvalue weighted by Crippen LogP contribution is 2.36. The molecule has 0 spiro atoms. The molecule has 0 aromatic heterocycles. The van der Waals surface area contributed by atoms with Crippen LogP contribution in [0.1, 0.15) is 13.8 Å². The van der Waals surface area contributed by atoms with Crippen molar-refractivity contribution < 1.29 is 9.57 Å². The van der Waals surface area contributed by atoms with Gasteiger partial charge < -0.3 is 9.57 Å². The average molecular weight is 139 g/mol. The minimum Gasteiger partial charge on any atom is -0.458 e. The molecule has 2 heterocycles. The molecular weight excluding hydrogens is 130 g/mol. The maximum Gasteiger partial charge on any atom is 0.283 e. The van der Waals surface area contributed by atoms with Crippen molar-refractivity contribution in [3.8, 4) is 0 Å². The molecule has 0 bridgehead atoms.